The summed E-state index contributed by atoms with van der Waals surface area (Å²) in [5.74, 6) is 1.72. The van der Waals surface area contributed by atoms with Crippen molar-refractivity contribution in [3.05, 3.63) is 46.6 Å². The van der Waals surface area contributed by atoms with E-state index in [0.717, 1.165) is 52.3 Å². The fourth-order valence-corrected chi connectivity index (χ4v) is 5.04. The average Bonchev–Trinajstić information content (AvgIpc) is 3.14. The van der Waals surface area contributed by atoms with E-state index < -0.39 is 0 Å². The molecule has 3 heterocycles. The van der Waals surface area contributed by atoms with Crippen LogP contribution in [0.3, 0.4) is 0 Å². The highest BCUT2D eigenvalue weighted by Gasteiger charge is 2.27. The van der Waals surface area contributed by atoms with Gasteiger partial charge in [0.25, 0.3) is 5.91 Å². The number of carbonyl (C=O) groups excluding carboxylic acids is 1. The van der Waals surface area contributed by atoms with Gasteiger partial charge in [-0.2, -0.15) is 0 Å². The lowest BCUT2D eigenvalue weighted by Gasteiger charge is -2.31. The number of likely N-dealkylation sites (tertiary alicyclic amines) is 1. The van der Waals surface area contributed by atoms with Crippen LogP contribution in [0.15, 0.2) is 30.6 Å². The molecule has 0 bridgehead atoms. The maximum absolute atomic E-state index is 13.2. The number of hydrogen-bond donors (Lipinski definition) is 2. The quantitative estimate of drug-likeness (QED) is 0.628. The molecule has 1 aliphatic rings. The molecule has 158 valence electrons. The van der Waals surface area contributed by atoms with Crippen LogP contribution in [0.25, 0.3) is 10.2 Å². The molecule has 3 aromatic rings. The SMILES string of the molecule is COc1cccc(CNc2ncnc3sc(C(=O)N4CCC[C@H](CO)C4)c(C)c23)c1. The van der Waals surface area contributed by atoms with Crippen LogP contribution in [0.5, 0.6) is 5.75 Å². The number of thiophene rings is 1. The summed E-state index contributed by atoms with van der Waals surface area (Å²) < 4.78 is 5.29. The topological polar surface area (TPSA) is 87.6 Å². The van der Waals surface area contributed by atoms with Crippen molar-refractivity contribution in [1.29, 1.82) is 0 Å². The van der Waals surface area contributed by atoms with Crippen LogP contribution in [-0.4, -0.2) is 52.7 Å². The van der Waals surface area contributed by atoms with E-state index in [1.165, 1.54) is 17.7 Å². The van der Waals surface area contributed by atoms with Gasteiger partial charge in [-0.05, 0) is 48.9 Å². The summed E-state index contributed by atoms with van der Waals surface area (Å²) in [5, 5.41) is 13.8. The van der Waals surface area contributed by atoms with Crippen molar-refractivity contribution in [3.8, 4) is 5.75 Å². The van der Waals surface area contributed by atoms with Crippen LogP contribution in [-0.2, 0) is 6.54 Å². The number of ether oxygens (including phenoxy) is 1. The van der Waals surface area contributed by atoms with Crippen LogP contribution in [0.4, 0.5) is 5.82 Å². The number of aliphatic hydroxyl groups excluding tert-OH is 1. The lowest BCUT2D eigenvalue weighted by Crippen LogP contribution is -2.40. The van der Waals surface area contributed by atoms with E-state index in [4.69, 9.17) is 4.74 Å². The number of fused-ring (bicyclic) bond motifs is 1. The maximum atomic E-state index is 13.2. The van der Waals surface area contributed by atoms with E-state index in [1.807, 2.05) is 36.1 Å². The normalized spacial score (nSPS) is 16.6. The van der Waals surface area contributed by atoms with E-state index >= 15 is 0 Å². The minimum atomic E-state index is 0.0207. The number of rotatable bonds is 6. The van der Waals surface area contributed by atoms with Crippen LogP contribution >= 0.6 is 11.3 Å². The standard InChI is InChI=1S/C22H26N4O3S/c1-14-18-20(23-10-15-5-3-7-17(9-15)29-2)24-13-25-21(18)30-19(14)22(28)26-8-4-6-16(11-26)12-27/h3,5,7,9,13,16,27H,4,6,8,10-12H2,1-2H3,(H,23,24,25)/t16-/m0/s1. The highest BCUT2D eigenvalue weighted by Crippen LogP contribution is 2.35. The van der Waals surface area contributed by atoms with Crippen molar-refractivity contribution in [2.45, 2.75) is 26.3 Å². The Morgan fingerprint density at radius 1 is 1.40 bits per heavy atom. The molecule has 2 aromatic heterocycles. The molecule has 0 spiro atoms. The van der Waals surface area contributed by atoms with E-state index in [-0.39, 0.29) is 18.4 Å². The third-order valence-electron chi connectivity index (χ3n) is 5.58. The molecule has 1 atom stereocenters. The average molecular weight is 427 g/mol. The highest BCUT2D eigenvalue weighted by atomic mass is 32.1. The smallest absolute Gasteiger partial charge is 0.264 e. The Kier molecular flexibility index (Phi) is 6.15. The van der Waals surface area contributed by atoms with Crippen molar-refractivity contribution < 1.29 is 14.6 Å². The number of piperidine rings is 1. The Labute approximate surface area is 179 Å². The predicted octanol–water partition coefficient (Wildman–Crippen LogP) is 3.46. The highest BCUT2D eigenvalue weighted by molar-refractivity contribution is 7.20. The summed E-state index contributed by atoms with van der Waals surface area (Å²) in [4.78, 5) is 25.4. The van der Waals surface area contributed by atoms with Gasteiger partial charge in [0.15, 0.2) is 0 Å². The number of aryl methyl sites for hydroxylation is 1. The van der Waals surface area contributed by atoms with Gasteiger partial charge >= 0.3 is 0 Å². The number of nitrogens with one attached hydrogen (secondary N) is 1. The second-order valence-corrected chi connectivity index (χ2v) is 8.60. The number of nitrogens with zero attached hydrogens (tertiary/aromatic N) is 3. The first-order valence-electron chi connectivity index (χ1n) is 10.1. The lowest BCUT2D eigenvalue weighted by molar-refractivity contribution is 0.0625. The zero-order valence-corrected chi connectivity index (χ0v) is 18.0. The zero-order chi connectivity index (χ0) is 21.1. The molecule has 0 saturated carbocycles. The molecule has 0 radical (unpaired) electrons. The Morgan fingerprint density at radius 2 is 2.27 bits per heavy atom. The fourth-order valence-electron chi connectivity index (χ4n) is 3.92. The molecule has 8 heteroatoms. The zero-order valence-electron chi connectivity index (χ0n) is 17.2. The summed E-state index contributed by atoms with van der Waals surface area (Å²) in [6, 6.07) is 7.87. The van der Waals surface area contributed by atoms with Gasteiger partial charge in [0, 0.05) is 26.2 Å². The number of anilines is 1. The van der Waals surface area contributed by atoms with Gasteiger partial charge in [-0.15, -0.1) is 11.3 Å². The Bertz CT molecular complexity index is 1050. The Hall–Kier alpha value is -2.71. The van der Waals surface area contributed by atoms with Crippen molar-refractivity contribution >= 4 is 33.3 Å². The maximum Gasteiger partial charge on any atom is 0.264 e. The van der Waals surface area contributed by atoms with Crippen molar-refractivity contribution in [2.75, 3.05) is 32.1 Å². The molecule has 1 aliphatic heterocycles. The fraction of sp³-hybridized carbons (Fsp3) is 0.409. The van der Waals surface area contributed by atoms with E-state index in [9.17, 15) is 9.90 Å². The van der Waals surface area contributed by atoms with Gasteiger partial charge in [-0.3, -0.25) is 4.79 Å². The molecule has 7 nitrogen and oxygen atoms in total. The number of hydrogen-bond acceptors (Lipinski definition) is 7. The van der Waals surface area contributed by atoms with Crippen molar-refractivity contribution in [3.63, 3.8) is 0 Å². The summed E-state index contributed by atoms with van der Waals surface area (Å²) in [6.45, 7) is 4.01. The summed E-state index contributed by atoms with van der Waals surface area (Å²) in [5.41, 5.74) is 1.98. The summed E-state index contributed by atoms with van der Waals surface area (Å²) in [7, 11) is 1.65. The summed E-state index contributed by atoms with van der Waals surface area (Å²) in [6.07, 6.45) is 3.42. The molecule has 1 saturated heterocycles. The largest absolute Gasteiger partial charge is 0.497 e. The van der Waals surface area contributed by atoms with Gasteiger partial charge in [0.1, 0.15) is 22.7 Å². The molecule has 0 unspecified atom stereocenters. The molecule has 2 N–H and O–H groups in total. The Morgan fingerprint density at radius 3 is 3.07 bits per heavy atom. The number of aliphatic hydroxyl groups is 1. The minimum absolute atomic E-state index is 0.0207. The number of methoxy groups -OCH3 is 1. The van der Waals surface area contributed by atoms with Crippen molar-refractivity contribution in [2.24, 2.45) is 5.92 Å². The lowest BCUT2D eigenvalue weighted by atomic mass is 9.99. The van der Waals surface area contributed by atoms with Gasteiger partial charge in [0.05, 0.1) is 17.4 Å². The molecule has 1 amide bonds. The van der Waals surface area contributed by atoms with Gasteiger partial charge in [-0.25, -0.2) is 9.97 Å². The third-order valence-corrected chi connectivity index (χ3v) is 6.77. The molecule has 0 aliphatic carbocycles. The Balaban J connectivity index is 1.59. The molecule has 1 fully saturated rings. The molecular weight excluding hydrogens is 400 g/mol. The number of benzene rings is 1. The first kappa shape index (κ1) is 20.6. The molecule has 4 rings (SSSR count). The number of carbonyl (C=O) groups is 1. The van der Waals surface area contributed by atoms with Crippen LogP contribution < -0.4 is 10.1 Å². The monoisotopic (exact) mass is 426 g/mol. The molecular formula is C22H26N4O3S. The van der Waals surface area contributed by atoms with Gasteiger partial charge in [0.2, 0.25) is 0 Å². The van der Waals surface area contributed by atoms with Crippen LogP contribution in [0.2, 0.25) is 0 Å². The molecule has 1 aromatic carbocycles. The first-order chi connectivity index (χ1) is 14.6. The van der Waals surface area contributed by atoms with Crippen LogP contribution in [0, 0.1) is 12.8 Å². The van der Waals surface area contributed by atoms with Gasteiger partial charge in [-0.1, -0.05) is 12.1 Å². The first-order valence-corrected chi connectivity index (χ1v) is 10.9. The molecule has 30 heavy (non-hydrogen) atoms. The van der Waals surface area contributed by atoms with Crippen molar-refractivity contribution in [1.82, 2.24) is 14.9 Å². The predicted molar refractivity (Wildman–Crippen MR) is 118 cm³/mol. The van der Waals surface area contributed by atoms with Crippen LogP contribution in [0.1, 0.15) is 33.6 Å². The number of aromatic nitrogens is 2. The van der Waals surface area contributed by atoms with E-state index in [0.29, 0.717) is 18.0 Å². The number of amides is 1. The van der Waals surface area contributed by atoms with E-state index in [1.54, 1.807) is 7.11 Å². The third kappa shape index (κ3) is 4.11. The second-order valence-electron chi connectivity index (χ2n) is 7.61. The van der Waals surface area contributed by atoms with Gasteiger partial charge < -0.3 is 20.1 Å². The minimum Gasteiger partial charge on any atom is -0.497 e. The van der Waals surface area contributed by atoms with E-state index in [2.05, 4.69) is 15.3 Å². The second kappa shape index (κ2) is 8.97. The summed E-state index contributed by atoms with van der Waals surface area (Å²) >= 11 is 1.41.